The van der Waals surface area contributed by atoms with Gasteiger partial charge in [-0.05, 0) is 67.4 Å². The number of dihydropyridines is 1. The lowest BCUT2D eigenvalue weighted by Crippen LogP contribution is -2.32. The summed E-state index contributed by atoms with van der Waals surface area (Å²) < 4.78 is 22.5. The van der Waals surface area contributed by atoms with Crippen LogP contribution in [0.3, 0.4) is 0 Å². The number of carbonyl (C=O) groups is 2. The van der Waals surface area contributed by atoms with Crippen LogP contribution >= 0.6 is 27.3 Å². The molecular formula is C30H32BrN3O6S. The van der Waals surface area contributed by atoms with Crippen molar-refractivity contribution in [3.63, 3.8) is 0 Å². The molecule has 2 heterocycles. The lowest BCUT2D eigenvalue weighted by Gasteiger charge is -2.30. The molecule has 0 radical (unpaired) electrons. The number of benzene rings is 2. The Bertz CT molecular complexity index is 1490. The zero-order valence-corrected chi connectivity index (χ0v) is 26.1. The number of halogens is 1. The lowest BCUT2D eigenvalue weighted by molar-refractivity contribution is -0.139. The third-order valence-corrected chi connectivity index (χ3v) is 7.85. The number of anilines is 2. The first-order valence-corrected chi connectivity index (χ1v) is 14.7. The van der Waals surface area contributed by atoms with Gasteiger partial charge in [-0.3, -0.25) is 0 Å². The Morgan fingerprint density at radius 1 is 0.976 bits per heavy atom. The van der Waals surface area contributed by atoms with Gasteiger partial charge in [-0.25, -0.2) is 14.6 Å². The van der Waals surface area contributed by atoms with Crippen molar-refractivity contribution in [3.8, 4) is 22.8 Å². The van der Waals surface area contributed by atoms with Crippen LogP contribution in [-0.2, 0) is 19.1 Å². The Kier molecular flexibility index (Phi) is 9.72. The minimum absolute atomic E-state index is 0.212. The lowest BCUT2D eigenvalue weighted by atomic mass is 9.80. The molecule has 4 rings (SSSR count). The van der Waals surface area contributed by atoms with Gasteiger partial charge >= 0.3 is 11.9 Å². The van der Waals surface area contributed by atoms with Gasteiger partial charge in [0.05, 0.1) is 54.7 Å². The second kappa shape index (κ2) is 13.2. The summed E-state index contributed by atoms with van der Waals surface area (Å²) in [4.78, 5) is 31.0. The summed E-state index contributed by atoms with van der Waals surface area (Å²) >= 11 is 4.97. The topological polar surface area (TPSA) is 108 Å². The van der Waals surface area contributed by atoms with Crippen LogP contribution in [0.15, 0.2) is 68.8 Å². The number of nitrogens with one attached hydrogen (secondary N) is 2. The van der Waals surface area contributed by atoms with Gasteiger partial charge in [-0.15, -0.1) is 11.3 Å². The van der Waals surface area contributed by atoms with E-state index in [9.17, 15) is 9.59 Å². The number of allylic oxidation sites excluding steroid dienone is 2. The number of carbonyl (C=O) groups excluding carboxylic acids is 2. The van der Waals surface area contributed by atoms with Crippen LogP contribution in [0.2, 0.25) is 0 Å². The van der Waals surface area contributed by atoms with E-state index >= 15 is 0 Å². The predicted molar refractivity (Wildman–Crippen MR) is 163 cm³/mol. The fourth-order valence-corrected chi connectivity index (χ4v) is 5.96. The minimum atomic E-state index is -0.677. The molecule has 216 valence electrons. The summed E-state index contributed by atoms with van der Waals surface area (Å²) in [5.41, 5.74) is 5.01. The van der Waals surface area contributed by atoms with Crippen molar-refractivity contribution in [1.29, 1.82) is 0 Å². The molecule has 0 saturated heterocycles. The predicted octanol–water partition coefficient (Wildman–Crippen LogP) is 6.69. The first kappa shape index (κ1) is 30.1. The molecule has 0 atom stereocenters. The molecule has 9 nitrogen and oxygen atoms in total. The molecule has 41 heavy (non-hydrogen) atoms. The first-order chi connectivity index (χ1) is 19.7. The maximum Gasteiger partial charge on any atom is 0.336 e. The summed E-state index contributed by atoms with van der Waals surface area (Å²) in [6.07, 6.45) is 0. The van der Waals surface area contributed by atoms with E-state index in [0.29, 0.717) is 39.2 Å². The molecule has 2 N–H and O–H groups in total. The Labute approximate surface area is 251 Å². The van der Waals surface area contributed by atoms with E-state index < -0.39 is 17.9 Å². The van der Waals surface area contributed by atoms with E-state index in [-0.39, 0.29) is 13.2 Å². The molecule has 0 unspecified atom stereocenters. The highest BCUT2D eigenvalue weighted by Crippen LogP contribution is 2.42. The fourth-order valence-electron chi connectivity index (χ4n) is 4.72. The van der Waals surface area contributed by atoms with Gasteiger partial charge in [0.1, 0.15) is 11.5 Å². The molecule has 0 spiro atoms. The average Bonchev–Trinajstić information content (AvgIpc) is 3.41. The van der Waals surface area contributed by atoms with E-state index in [2.05, 4.69) is 26.6 Å². The zero-order valence-electron chi connectivity index (χ0n) is 23.7. The molecule has 1 aliphatic rings. The molecule has 3 aromatic rings. The summed E-state index contributed by atoms with van der Waals surface area (Å²) in [6.45, 7) is 7.52. The smallest absolute Gasteiger partial charge is 0.336 e. The number of methoxy groups -OCH3 is 2. The van der Waals surface area contributed by atoms with Crippen molar-refractivity contribution in [2.24, 2.45) is 0 Å². The highest BCUT2D eigenvalue weighted by molar-refractivity contribution is 9.10. The third kappa shape index (κ3) is 6.41. The van der Waals surface area contributed by atoms with E-state index in [1.807, 2.05) is 41.8 Å². The highest BCUT2D eigenvalue weighted by Gasteiger charge is 2.38. The number of rotatable bonds is 10. The van der Waals surface area contributed by atoms with Gasteiger partial charge in [0.2, 0.25) is 0 Å². The fraction of sp³-hybridized carbons (Fsp3) is 0.300. The monoisotopic (exact) mass is 641 g/mol. The average molecular weight is 643 g/mol. The number of hydrogen-bond donors (Lipinski definition) is 2. The Hall–Kier alpha value is -3.83. The molecule has 1 aliphatic heterocycles. The molecule has 0 aliphatic carbocycles. The summed E-state index contributed by atoms with van der Waals surface area (Å²) in [5.74, 6) is -0.355. The van der Waals surface area contributed by atoms with Crippen LogP contribution < -0.4 is 20.1 Å². The maximum absolute atomic E-state index is 13.1. The van der Waals surface area contributed by atoms with Crippen LogP contribution in [0.25, 0.3) is 11.3 Å². The van der Waals surface area contributed by atoms with Gasteiger partial charge in [0.25, 0.3) is 0 Å². The van der Waals surface area contributed by atoms with Crippen molar-refractivity contribution >= 4 is 50.0 Å². The second-order valence-electron chi connectivity index (χ2n) is 9.05. The normalized spacial score (nSPS) is 13.5. The number of thiazole rings is 1. The van der Waals surface area contributed by atoms with E-state index in [0.717, 1.165) is 27.0 Å². The molecule has 2 aromatic carbocycles. The van der Waals surface area contributed by atoms with E-state index in [1.54, 1.807) is 41.9 Å². The van der Waals surface area contributed by atoms with Gasteiger partial charge in [0, 0.05) is 34.1 Å². The number of ether oxygens (including phenoxy) is 4. The maximum atomic E-state index is 13.1. The largest absolute Gasteiger partial charge is 0.496 e. The molecule has 0 amide bonds. The van der Waals surface area contributed by atoms with Crippen molar-refractivity contribution < 1.29 is 28.5 Å². The standard InChI is InChI=1S/C30H32BrN3O6S/c1-7-39-28(35)25-16(3)32-17(4)26(29(36)40-8-2)27(25)18-10-9-11-19(12-18)33-30-34-22(15-41-30)20-13-21(31)24(38-6)14-23(20)37-5/h9-15,27,32H,7-8H2,1-6H3,(H,33,34). The molecule has 0 bridgehead atoms. The van der Waals surface area contributed by atoms with Crippen LogP contribution in [-0.4, -0.2) is 44.4 Å². The number of hydrogen-bond acceptors (Lipinski definition) is 10. The summed E-state index contributed by atoms with van der Waals surface area (Å²) in [6, 6.07) is 11.3. The Morgan fingerprint density at radius 2 is 1.61 bits per heavy atom. The minimum Gasteiger partial charge on any atom is -0.496 e. The van der Waals surface area contributed by atoms with Crippen molar-refractivity contribution in [2.75, 3.05) is 32.8 Å². The Morgan fingerprint density at radius 3 is 2.20 bits per heavy atom. The number of esters is 2. The van der Waals surface area contributed by atoms with E-state index in [4.69, 9.17) is 23.9 Å². The van der Waals surface area contributed by atoms with Gasteiger partial charge in [-0.1, -0.05) is 12.1 Å². The van der Waals surface area contributed by atoms with Crippen LogP contribution in [0.4, 0.5) is 10.8 Å². The highest BCUT2D eigenvalue weighted by atomic mass is 79.9. The van der Waals surface area contributed by atoms with Crippen molar-refractivity contribution in [1.82, 2.24) is 10.3 Å². The van der Waals surface area contributed by atoms with Crippen LogP contribution in [0.5, 0.6) is 11.5 Å². The van der Waals surface area contributed by atoms with Gasteiger partial charge in [0.15, 0.2) is 5.13 Å². The quantitative estimate of drug-likeness (QED) is 0.234. The summed E-state index contributed by atoms with van der Waals surface area (Å²) in [7, 11) is 3.20. The Balaban J connectivity index is 1.70. The van der Waals surface area contributed by atoms with Crippen LogP contribution in [0, 0.1) is 0 Å². The van der Waals surface area contributed by atoms with E-state index in [1.165, 1.54) is 11.3 Å². The third-order valence-electron chi connectivity index (χ3n) is 6.48. The molecule has 11 heteroatoms. The SMILES string of the molecule is CCOC(=O)C1=C(C)NC(C)=C(C(=O)OCC)C1c1cccc(Nc2nc(-c3cc(Br)c(OC)cc3OC)cs2)c1. The number of nitrogens with zero attached hydrogens (tertiary/aromatic N) is 1. The zero-order chi connectivity index (χ0) is 29.7. The van der Waals surface area contributed by atoms with Gasteiger partial charge < -0.3 is 29.6 Å². The summed E-state index contributed by atoms with van der Waals surface area (Å²) in [5, 5.41) is 9.12. The van der Waals surface area contributed by atoms with Crippen molar-refractivity contribution in [2.45, 2.75) is 33.6 Å². The van der Waals surface area contributed by atoms with Crippen molar-refractivity contribution in [3.05, 3.63) is 74.4 Å². The molecule has 1 aromatic heterocycles. The second-order valence-corrected chi connectivity index (χ2v) is 10.8. The van der Waals surface area contributed by atoms with Gasteiger partial charge in [-0.2, -0.15) is 0 Å². The molecular weight excluding hydrogens is 610 g/mol. The number of aromatic nitrogens is 1. The molecule has 0 fully saturated rings. The van der Waals surface area contributed by atoms with Crippen LogP contribution in [0.1, 0.15) is 39.2 Å². The first-order valence-electron chi connectivity index (χ1n) is 13.0. The molecule has 0 saturated carbocycles.